The van der Waals surface area contributed by atoms with E-state index in [0.29, 0.717) is 24.4 Å². The lowest BCUT2D eigenvalue weighted by atomic mass is 10.1. The van der Waals surface area contributed by atoms with Crippen LogP contribution >= 0.6 is 0 Å². The fourth-order valence-corrected chi connectivity index (χ4v) is 2.46. The molecule has 0 radical (unpaired) electrons. The van der Waals surface area contributed by atoms with Crippen molar-refractivity contribution in [3.8, 4) is 11.3 Å². The average molecular weight is 272 g/mol. The van der Waals surface area contributed by atoms with Crippen LogP contribution in [0, 0.1) is 0 Å². The van der Waals surface area contributed by atoms with Crippen LogP contribution in [0.15, 0.2) is 41.3 Å². The van der Waals surface area contributed by atoms with Gasteiger partial charge in [-0.2, -0.15) is 0 Å². The maximum atomic E-state index is 12.3. The summed E-state index contributed by atoms with van der Waals surface area (Å²) in [7, 11) is 0. The van der Waals surface area contributed by atoms with Gasteiger partial charge in [0.25, 0.3) is 5.91 Å². The lowest BCUT2D eigenvalue weighted by Crippen LogP contribution is -2.42. The molecule has 0 bridgehead atoms. The highest BCUT2D eigenvalue weighted by Gasteiger charge is 2.22. The van der Waals surface area contributed by atoms with Crippen molar-refractivity contribution in [2.24, 2.45) is 0 Å². The van der Waals surface area contributed by atoms with Crippen molar-refractivity contribution in [3.05, 3.63) is 42.4 Å². The molecule has 1 amide bonds. The number of amides is 1. The largest absolute Gasteiger partial charge is 0.444 e. The Morgan fingerprint density at radius 3 is 2.80 bits per heavy atom. The first-order valence-electron chi connectivity index (χ1n) is 6.70. The first-order chi connectivity index (χ1) is 9.74. The Morgan fingerprint density at radius 1 is 1.35 bits per heavy atom. The van der Waals surface area contributed by atoms with E-state index in [-0.39, 0.29) is 5.91 Å². The number of oxazole rings is 1. The monoisotopic (exact) mass is 272 g/mol. The molecule has 1 fully saturated rings. The van der Waals surface area contributed by atoms with Gasteiger partial charge in [-0.15, -0.1) is 0 Å². The molecular formula is C15H16N2O3. The number of likely N-dealkylation sites (tertiary alicyclic amines) is 1. The molecule has 1 aromatic carbocycles. The van der Waals surface area contributed by atoms with Crippen LogP contribution in [0.1, 0.15) is 23.2 Å². The second-order valence-electron chi connectivity index (χ2n) is 4.99. The number of β-amino-alcohol motifs (C(OH)–C–C–N with tert-alkyl or cyclic N) is 1. The van der Waals surface area contributed by atoms with Crippen molar-refractivity contribution in [1.82, 2.24) is 9.88 Å². The highest BCUT2D eigenvalue weighted by molar-refractivity contribution is 5.94. The van der Waals surface area contributed by atoms with Crippen molar-refractivity contribution in [2.45, 2.75) is 18.9 Å². The van der Waals surface area contributed by atoms with E-state index < -0.39 is 6.10 Å². The second-order valence-corrected chi connectivity index (χ2v) is 4.99. The van der Waals surface area contributed by atoms with E-state index in [0.717, 1.165) is 18.4 Å². The molecule has 1 aromatic heterocycles. The Kier molecular flexibility index (Phi) is 3.52. The highest BCUT2D eigenvalue weighted by Crippen LogP contribution is 2.20. The van der Waals surface area contributed by atoms with Gasteiger partial charge < -0.3 is 14.4 Å². The van der Waals surface area contributed by atoms with Crippen LogP contribution in [0.2, 0.25) is 0 Å². The van der Waals surface area contributed by atoms with Crippen LogP contribution in [0.4, 0.5) is 0 Å². The molecule has 2 aromatic rings. The van der Waals surface area contributed by atoms with Crippen LogP contribution in [0.3, 0.4) is 0 Å². The average Bonchev–Trinajstić information content (AvgIpc) is 3.01. The molecule has 1 saturated heterocycles. The van der Waals surface area contributed by atoms with Gasteiger partial charge in [0.1, 0.15) is 0 Å². The number of carbonyl (C=O) groups is 1. The Morgan fingerprint density at radius 2 is 2.15 bits per heavy atom. The molecule has 104 valence electrons. The third-order valence-electron chi connectivity index (χ3n) is 3.53. The number of carbonyl (C=O) groups excluding carboxylic acids is 1. The molecule has 0 saturated carbocycles. The fraction of sp³-hybridized carbons (Fsp3) is 0.333. The number of piperidine rings is 1. The van der Waals surface area contributed by atoms with Crippen LogP contribution in [0.25, 0.3) is 11.3 Å². The third kappa shape index (κ3) is 2.58. The summed E-state index contributed by atoms with van der Waals surface area (Å²) in [4.78, 5) is 17.9. The van der Waals surface area contributed by atoms with Crippen LogP contribution in [0.5, 0.6) is 0 Å². The van der Waals surface area contributed by atoms with E-state index in [9.17, 15) is 9.90 Å². The quantitative estimate of drug-likeness (QED) is 0.907. The van der Waals surface area contributed by atoms with E-state index in [1.807, 2.05) is 12.1 Å². The van der Waals surface area contributed by atoms with Crippen molar-refractivity contribution in [2.75, 3.05) is 13.1 Å². The summed E-state index contributed by atoms with van der Waals surface area (Å²) in [6.45, 7) is 1.13. The van der Waals surface area contributed by atoms with E-state index in [2.05, 4.69) is 4.98 Å². The van der Waals surface area contributed by atoms with Gasteiger partial charge in [-0.05, 0) is 25.0 Å². The van der Waals surface area contributed by atoms with Gasteiger partial charge in [0.15, 0.2) is 12.2 Å². The molecule has 5 heteroatoms. The molecule has 1 N–H and O–H groups in total. The van der Waals surface area contributed by atoms with Gasteiger partial charge in [-0.25, -0.2) is 4.98 Å². The molecule has 1 aliphatic heterocycles. The molecule has 1 aliphatic rings. The number of benzene rings is 1. The standard InChI is InChI=1S/C15H16N2O3/c18-13-2-1-7-17(9-13)15(19)12-5-3-11(4-6-12)14-8-16-10-20-14/h3-6,8,10,13,18H,1-2,7,9H2. The number of rotatable bonds is 2. The lowest BCUT2D eigenvalue weighted by Gasteiger charge is -2.30. The van der Waals surface area contributed by atoms with E-state index >= 15 is 0 Å². The van der Waals surface area contributed by atoms with Crippen molar-refractivity contribution in [3.63, 3.8) is 0 Å². The Balaban J connectivity index is 1.75. The van der Waals surface area contributed by atoms with Crippen LogP contribution in [-0.2, 0) is 0 Å². The Bertz CT molecular complexity index is 578. The third-order valence-corrected chi connectivity index (χ3v) is 3.53. The normalized spacial score (nSPS) is 19.1. The number of nitrogens with zero attached hydrogens (tertiary/aromatic N) is 2. The summed E-state index contributed by atoms with van der Waals surface area (Å²) in [5.41, 5.74) is 1.51. The minimum atomic E-state index is -0.402. The minimum absolute atomic E-state index is 0.0344. The number of aliphatic hydroxyl groups is 1. The number of hydrogen-bond donors (Lipinski definition) is 1. The molecule has 5 nitrogen and oxygen atoms in total. The first-order valence-corrected chi connectivity index (χ1v) is 6.70. The van der Waals surface area contributed by atoms with Gasteiger partial charge in [0.2, 0.25) is 0 Å². The highest BCUT2D eigenvalue weighted by atomic mass is 16.3. The molecule has 0 spiro atoms. The predicted molar refractivity (Wildman–Crippen MR) is 73.1 cm³/mol. The topological polar surface area (TPSA) is 66.6 Å². The maximum absolute atomic E-state index is 12.3. The van der Waals surface area contributed by atoms with Gasteiger partial charge in [-0.1, -0.05) is 12.1 Å². The summed E-state index contributed by atoms with van der Waals surface area (Å²) in [6.07, 6.45) is 4.24. The Labute approximate surface area is 116 Å². The van der Waals surface area contributed by atoms with Gasteiger partial charge in [0.05, 0.1) is 12.3 Å². The zero-order valence-electron chi connectivity index (χ0n) is 11.0. The zero-order valence-corrected chi connectivity index (χ0v) is 11.0. The fourth-order valence-electron chi connectivity index (χ4n) is 2.46. The Hall–Kier alpha value is -2.14. The molecule has 1 unspecified atom stereocenters. The van der Waals surface area contributed by atoms with Crippen LogP contribution in [-0.4, -0.2) is 40.1 Å². The van der Waals surface area contributed by atoms with Crippen molar-refractivity contribution >= 4 is 5.91 Å². The number of aromatic nitrogens is 1. The van der Waals surface area contributed by atoms with Gasteiger partial charge in [0, 0.05) is 24.2 Å². The molecule has 0 aliphatic carbocycles. The first kappa shape index (κ1) is 12.9. The molecule has 2 heterocycles. The van der Waals surface area contributed by atoms with Gasteiger partial charge >= 0.3 is 0 Å². The summed E-state index contributed by atoms with van der Waals surface area (Å²) in [5.74, 6) is 0.644. The second kappa shape index (κ2) is 5.46. The van der Waals surface area contributed by atoms with E-state index in [1.54, 1.807) is 23.2 Å². The number of aliphatic hydroxyl groups excluding tert-OH is 1. The van der Waals surface area contributed by atoms with Gasteiger partial charge in [-0.3, -0.25) is 4.79 Å². The zero-order chi connectivity index (χ0) is 13.9. The van der Waals surface area contributed by atoms with E-state index in [1.165, 1.54) is 6.39 Å². The number of hydrogen-bond acceptors (Lipinski definition) is 4. The molecule has 3 rings (SSSR count). The summed E-state index contributed by atoms with van der Waals surface area (Å²) < 4.78 is 5.21. The molecule has 20 heavy (non-hydrogen) atoms. The summed E-state index contributed by atoms with van der Waals surface area (Å²) >= 11 is 0. The summed E-state index contributed by atoms with van der Waals surface area (Å²) in [5, 5.41) is 9.63. The smallest absolute Gasteiger partial charge is 0.253 e. The SMILES string of the molecule is O=C(c1ccc(-c2cnco2)cc1)N1CCCC(O)C1. The molecule has 1 atom stereocenters. The minimum Gasteiger partial charge on any atom is -0.444 e. The predicted octanol–water partition coefficient (Wildman–Crippen LogP) is 1.94. The van der Waals surface area contributed by atoms with Crippen molar-refractivity contribution < 1.29 is 14.3 Å². The summed E-state index contributed by atoms with van der Waals surface area (Å²) in [6, 6.07) is 7.24. The van der Waals surface area contributed by atoms with Crippen molar-refractivity contribution in [1.29, 1.82) is 0 Å². The van der Waals surface area contributed by atoms with E-state index in [4.69, 9.17) is 4.42 Å². The van der Waals surface area contributed by atoms with Crippen LogP contribution < -0.4 is 0 Å². The lowest BCUT2D eigenvalue weighted by molar-refractivity contribution is 0.0474. The maximum Gasteiger partial charge on any atom is 0.253 e. The molecular weight excluding hydrogens is 256 g/mol.